The van der Waals surface area contributed by atoms with Crippen molar-refractivity contribution in [3.05, 3.63) is 76.1 Å². The number of nitrogens with one attached hydrogen (secondary N) is 1. The third-order valence-electron chi connectivity index (χ3n) is 6.73. The lowest BCUT2D eigenvalue weighted by Crippen LogP contribution is -2.46. The Hall–Kier alpha value is -2.44. The van der Waals surface area contributed by atoms with Crippen LogP contribution in [-0.2, 0) is 4.74 Å². The predicted octanol–water partition coefficient (Wildman–Crippen LogP) is 7.27. The molecule has 7 heteroatoms. The standard InChI is InChI=1S/C26H27ClF3NO2/c1-15-4-9-21(18-5-7-19(27)8-6-18)16(2)22(15)23-17(3)31-25(24(23)32)12-10-20(11-13-25)33-14-26(28,29)30/h4-9,20,31-32H,3,10-14H2,1-2H3. The summed E-state index contributed by atoms with van der Waals surface area (Å²) in [6.45, 7) is 6.94. The monoisotopic (exact) mass is 477 g/mol. The molecule has 0 bridgehead atoms. The Morgan fingerprint density at radius 3 is 2.36 bits per heavy atom. The van der Waals surface area contributed by atoms with Crippen LogP contribution >= 0.6 is 11.6 Å². The summed E-state index contributed by atoms with van der Waals surface area (Å²) in [6, 6.07) is 11.7. The Kier molecular flexibility index (Phi) is 6.27. The predicted molar refractivity (Wildman–Crippen MR) is 125 cm³/mol. The first-order valence-corrected chi connectivity index (χ1v) is 11.3. The molecule has 0 unspecified atom stereocenters. The number of aliphatic hydroxyl groups excluding tert-OH is 1. The van der Waals surface area contributed by atoms with Crippen LogP contribution in [0, 0.1) is 13.8 Å². The molecular weight excluding hydrogens is 451 g/mol. The van der Waals surface area contributed by atoms with Gasteiger partial charge in [0.25, 0.3) is 0 Å². The van der Waals surface area contributed by atoms with E-state index >= 15 is 0 Å². The fourth-order valence-electron chi connectivity index (χ4n) is 5.06. The second-order valence-corrected chi connectivity index (χ2v) is 9.41. The molecule has 0 amide bonds. The highest BCUT2D eigenvalue weighted by atomic mass is 35.5. The molecule has 1 saturated carbocycles. The van der Waals surface area contributed by atoms with Crippen LogP contribution in [0.5, 0.6) is 0 Å². The van der Waals surface area contributed by atoms with Gasteiger partial charge in [-0.15, -0.1) is 0 Å². The third kappa shape index (κ3) is 4.64. The average Bonchev–Trinajstić information content (AvgIpc) is 2.98. The quantitative estimate of drug-likeness (QED) is 0.486. The van der Waals surface area contributed by atoms with Gasteiger partial charge < -0.3 is 15.2 Å². The van der Waals surface area contributed by atoms with E-state index in [1.54, 1.807) is 0 Å². The molecule has 2 aromatic carbocycles. The van der Waals surface area contributed by atoms with Crippen molar-refractivity contribution in [1.29, 1.82) is 0 Å². The van der Waals surface area contributed by atoms with Crippen molar-refractivity contribution >= 4 is 17.2 Å². The summed E-state index contributed by atoms with van der Waals surface area (Å²) < 4.78 is 42.6. The molecule has 1 fully saturated rings. The molecule has 1 spiro atoms. The Morgan fingerprint density at radius 1 is 1.12 bits per heavy atom. The maximum Gasteiger partial charge on any atom is 0.411 e. The van der Waals surface area contributed by atoms with Gasteiger partial charge in [0.15, 0.2) is 0 Å². The number of allylic oxidation sites excluding steroid dienone is 1. The molecule has 4 rings (SSSR count). The van der Waals surface area contributed by atoms with Crippen molar-refractivity contribution in [1.82, 2.24) is 5.32 Å². The molecule has 2 aliphatic rings. The molecule has 1 aliphatic carbocycles. The molecule has 33 heavy (non-hydrogen) atoms. The van der Waals surface area contributed by atoms with E-state index < -0.39 is 24.4 Å². The van der Waals surface area contributed by atoms with E-state index in [2.05, 4.69) is 18.0 Å². The number of ether oxygens (including phenoxy) is 1. The molecular formula is C26H27ClF3NO2. The minimum Gasteiger partial charge on any atom is -0.509 e. The lowest BCUT2D eigenvalue weighted by molar-refractivity contribution is -0.188. The molecule has 0 saturated heterocycles. The number of aliphatic hydroxyl groups is 1. The minimum absolute atomic E-state index is 0.209. The number of aryl methyl sites for hydroxylation is 1. The van der Waals surface area contributed by atoms with Crippen molar-refractivity contribution in [3.8, 4) is 11.1 Å². The van der Waals surface area contributed by atoms with Crippen LogP contribution < -0.4 is 5.32 Å². The molecule has 2 N–H and O–H groups in total. The fourth-order valence-corrected chi connectivity index (χ4v) is 5.19. The van der Waals surface area contributed by atoms with E-state index in [0.29, 0.717) is 42.0 Å². The van der Waals surface area contributed by atoms with Crippen LogP contribution in [-0.4, -0.2) is 29.5 Å². The van der Waals surface area contributed by atoms with Gasteiger partial charge >= 0.3 is 6.18 Å². The highest BCUT2D eigenvalue weighted by Gasteiger charge is 2.46. The van der Waals surface area contributed by atoms with Gasteiger partial charge in [-0.05, 0) is 79.5 Å². The van der Waals surface area contributed by atoms with E-state index in [4.69, 9.17) is 16.3 Å². The normalized spacial score (nSPS) is 23.3. The topological polar surface area (TPSA) is 41.5 Å². The van der Waals surface area contributed by atoms with Gasteiger partial charge in [0, 0.05) is 16.3 Å². The SMILES string of the molecule is C=C1NC2(CCC(OCC(F)(F)F)CC2)C(O)=C1c1c(C)ccc(-c2ccc(Cl)cc2)c1C. The van der Waals surface area contributed by atoms with Crippen LogP contribution in [0.4, 0.5) is 13.2 Å². The molecule has 2 aromatic rings. The summed E-state index contributed by atoms with van der Waals surface area (Å²) in [5.74, 6) is 0.209. The van der Waals surface area contributed by atoms with Gasteiger partial charge in [0.2, 0.25) is 0 Å². The highest BCUT2D eigenvalue weighted by molar-refractivity contribution is 6.30. The van der Waals surface area contributed by atoms with Crippen molar-refractivity contribution in [2.24, 2.45) is 0 Å². The summed E-state index contributed by atoms with van der Waals surface area (Å²) in [6.07, 6.45) is -3.01. The molecule has 3 nitrogen and oxygen atoms in total. The Morgan fingerprint density at radius 2 is 1.76 bits per heavy atom. The van der Waals surface area contributed by atoms with Gasteiger partial charge in [-0.2, -0.15) is 13.2 Å². The number of hydrogen-bond donors (Lipinski definition) is 2. The van der Waals surface area contributed by atoms with Crippen molar-refractivity contribution in [2.75, 3.05) is 6.61 Å². The first-order chi connectivity index (χ1) is 15.5. The van der Waals surface area contributed by atoms with Crippen molar-refractivity contribution < 1.29 is 23.0 Å². The average molecular weight is 478 g/mol. The van der Waals surface area contributed by atoms with E-state index in [9.17, 15) is 18.3 Å². The van der Waals surface area contributed by atoms with Gasteiger partial charge in [-0.3, -0.25) is 0 Å². The van der Waals surface area contributed by atoms with E-state index in [0.717, 1.165) is 27.8 Å². The Labute approximate surface area is 196 Å². The summed E-state index contributed by atoms with van der Waals surface area (Å²) in [4.78, 5) is 0. The lowest BCUT2D eigenvalue weighted by atomic mass is 9.78. The smallest absolute Gasteiger partial charge is 0.411 e. The maximum atomic E-state index is 12.5. The van der Waals surface area contributed by atoms with Gasteiger partial charge in [-0.25, -0.2) is 0 Å². The highest BCUT2D eigenvalue weighted by Crippen LogP contribution is 2.47. The van der Waals surface area contributed by atoms with E-state index in [-0.39, 0.29) is 5.76 Å². The summed E-state index contributed by atoms with van der Waals surface area (Å²) >= 11 is 6.05. The maximum absolute atomic E-state index is 12.5. The van der Waals surface area contributed by atoms with Crippen LogP contribution in [0.15, 0.2) is 54.4 Å². The summed E-state index contributed by atoms with van der Waals surface area (Å²) in [5.41, 5.74) is 5.58. The molecule has 176 valence electrons. The number of benzene rings is 2. The summed E-state index contributed by atoms with van der Waals surface area (Å²) in [7, 11) is 0. The zero-order valence-electron chi connectivity index (χ0n) is 18.7. The minimum atomic E-state index is -4.34. The third-order valence-corrected chi connectivity index (χ3v) is 6.98. The fraction of sp³-hybridized carbons (Fsp3) is 0.385. The van der Waals surface area contributed by atoms with Crippen molar-refractivity contribution in [3.63, 3.8) is 0 Å². The zero-order chi connectivity index (χ0) is 24.0. The Balaban J connectivity index is 1.65. The van der Waals surface area contributed by atoms with Crippen LogP contribution in [0.25, 0.3) is 16.7 Å². The first-order valence-electron chi connectivity index (χ1n) is 11.0. The van der Waals surface area contributed by atoms with E-state index in [1.807, 2.05) is 44.2 Å². The van der Waals surface area contributed by atoms with Gasteiger partial charge in [-0.1, -0.05) is 42.4 Å². The molecule has 0 atom stereocenters. The van der Waals surface area contributed by atoms with Crippen molar-refractivity contribution in [2.45, 2.75) is 57.3 Å². The zero-order valence-corrected chi connectivity index (χ0v) is 19.4. The number of halogens is 4. The largest absolute Gasteiger partial charge is 0.509 e. The van der Waals surface area contributed by atoms with Crippen LogP contribution in [0.2, 0.25) is 5.02 Å². The lowest BCUT2D eigenvalue weighted by Gasteiger charge is -2.37. The Bertz CT molecular complexity index is 1100. The number of rotatable bonds is 4. The van der Waals surface area contributed by atoms with Gasteiger partial charge in [0.1, 0.15) is 12.4 Å². The summed E-state index contributed by atoms with van der Waals surface area (Å²) in [5, 5.41) is 15.4. The number of hydrogen-bond acceptors (Lipinski definition) is 3. The molecule has 0 radical (unpaired) electrons. The number of alkyl halides is 3. The second kappa shape index (κ2) is 8.73. The van der Waals surface area contributed by atoms with E-state index in [1.165, 1.54) is 0 Å². The van der Waals surface area contributed by atoms with Gasteiger partial charge in [0.05, 0.1) is 11.6 Å². The van der Waals surface area contributed by atoms with Crippen LogP contribution in [0.1, 0.15) is 42.4 Å². The molecule has 1 heterocycles. The molecule has 1 aliphatic heterocycles. The second-order valence-electron chi connectivity index (χ2n) is 8.97. The molecule has 0 aromatic heterocycles. The first kappa shape index (κ1) is 23.7. The van der Waals surface area contributed by atoms with Crippen LogP contribution in [0.3, 0.4) is 0 Å².